The lowest BCUT2D eigenvalue weighted by Gasteiger charge is -2.26. The molecule has 2 atom stereocenters. The third kappa shape index (κ3) is 7.88. The predicted molar refractivity (Wildman–Crippen MR) is 174 cm³/mol. The van der Waals surface area contributed by atoms with Crippen LogP contribution in [0.4, 0.5) is 23.7 Å². The molecule has 9 nitrogen and oxygen atoms in total. The van der Waals surface area contributed by atoms with Crippen molar-refractivity contribution in [3.63, 3.8) is 0 Å². The van der Waals surface area contributed by atoms with Crippen molar-refractivity contribution < 1.29 is 27.8 Å². The van der Waals surface area contributed by atoms with Crippen LogP contribution in [-0.2, 0) is 0 Å². The van der Waals surface area contributed by atoms with Gasteiger partial charge >= 0.3 is 12.4 Å². The summed E-state index contributed by atoms with van der Waals surface area (Å²) in [6, 6.07) is 18.7. The number of aliphatic hydroxyl groups is 1. The van der Waals surface area contributed by atoms with Crippen LogP contribution in [0.5, 0.6) is 5.75 Å². The van der Waals surface area contributed by atoms with Crippen molar-refractivity contribution >= 4 is 28.6 Å². The number of nitrogens with zero attached hydrogens (tertiary/aromatic N) is 5. The number of halogens is 3. The quantitative estimate of drug-likeness (QED) is 0.194. The number of ether oxygens (including phenoxy) is 1. The van der Waals surface area contributed by atoms with Gasteiger partial charge in [0.2, 0.25) is 0 Å². The summed E-state index contributed by atoms with van der Waals surface area (Å²) >= 11 is 1.35. The van der Waals surface area contributed by atoms with E-state index in [1.807, 2.05) is 50.2 Å². The number of anilines is 1. The summed E-state index contributed by atoms with van der Waals surface area (Å²) in [6.07, 6.45) is -3.28. The molecule has 0 saturated carbocycles. The fourth-order valence-electron chi connectivity index (χ4n) is 5.18. The van der Waals surface area contributed by atoms with Gasteiger partial charge in [-0.3, -0.25) is 4.90 Å². The van der Waals surface area contributed by atoms with E-state index in [-0.39, 0.29) is 17.6 Å². The van der Waals surface area contributed by atoms with Crippen LogP contribution < -0.4 is 15.0 Å². The van der Waals surface area contributed by atoms with Crippen LogP contribution >= 0.6 is 11.8 Å². The SMILES string of the molecule is CCC(CNC(=O)N=C1SCC(O)N1c1cc(C)ccc1C(C)C)c1ccc(-c2ncn(-c3ccc(OC(F)(F)F)cc3)n2)cc1. The highest BCUT2D eigenvalue weighted by molar-refractivity contribution is 8.14. The zero-order valence-electron chi connectivity index (χ0n) is 25.8. The van der Waals surface area contributed by atoms with E-state index in [9.17, 15) is 23.1 Å². The number of aryl methyl sites for hydroxylation is 1. The molecule has 0 aliphatic carbocycles. The Balaban J connectivity index is 1.23. The molecular formula is C33H35F3N6O3S. The summed E-state index contributed by atoms with van der Waals surface area (Å²) in [5, 5.41) is 18.6. The average Bonchev–Trinajstić information content (AvgIpc) is 3.64. The fourth-order valence-corrected chi connectivity index (χ4v) is 6.13. The molecule has 5 rings (SSSR count). The third-order valence-electron chi connectivity index (χ3n) is 7.59. The minimum atomic E-state index is -4.76. The van der Waals surface area contributed by atoms with Gasteiger partial charge in [0.05, 0.1) is 5.69 Å². The number of benzene rings is 3. The summed E-state index contributed by atoms with van der Waals surface area (Å²) in [6.45, 7) is 8.60. The van der Waals surface area contributed by atoms with Gasteiger partial charge in [-0.05, 0) is 66.3 Å². The van der Waals surface area contributed by atoms with Crippen LogP contribution in [0.1, 0.15) is 55.7 Å². The molecule has 2 N–H and O–H groups in total. The topological polar surface area (TPSA) is 105 Å². The number of alkyl halides is 3. The Morgan fingerprint density at radius 2 is 1.85 bits per heavy atom. The lowest BCUT2D eigenvalue weighted by molar-refractivity contribution is -0.274. The summed E-state index contributed by atoms with van der Waals surface area (Å²) < 4.78 is 42.7. The molecule has 2 unspecified atom stereocenters. The van der Waals surface area contributed by atoms with Gasteiger partial charge < -0.3 is 15.2 Å². The second-order valence-corrected chi connectivity index (χ2v) is 12.2. The number of urea groups is 1. The van der Waals surface area contributed by atoms with Crippen molar-refractivity contribution in [2.24, 2.45) is 4.99 Å². The number of carbonyl (C=O) groups excluding carboxylic acids is 1. The van der Waals surface area contributed by atoms with E-state index in [1.165, 1.54) is 47.0 Å². The molecule has 1 aromatic heterocycles. The summed E-state index contributed by atoms with van der Waals surface area (Å²) in [4.78, 5) is 23.4. The lowest BCUT2D eigenvalue weighted by atomic mass is 9.95. The number of aromatic nitrogens is 3. The Morgan fingerprint density at radius 3 is 2.50 bits per heavy atom. The molecule has 4 aromatic rings. The molecule has 13 heteroatoms. The third-order valence-corrected chi connectivity index (χ3v) is 8.60. The molecule has 242 valence electrons. The summed E-state index contributed by atoms with van der Waals surface area (Å²) in [7, 11) is 0. The van der Waals surface area contributed by atoms with E-state index >= 15 is 0 Å². The zero-order valence-corrected chi connectivity index (χ0v) is 26.6. The van der Waals surface area contributed by atoms with Gasteiger partial charge in [0.25, 0.3) is 0 Å². The molecule has 1 aliphatic rings. The van der Waals surface area contributed by atoms with E-state index in [0.717, 1.165) is 34.4 Å². The number of rotatable bonds is 9. The molecule has 1 fully saturated rings. The first kappa shape index (κ1) is 33.0. The van der Waals surface area contributed by atoms with Crippen molar-refractivity contribution in [3.05, 3.63) is 89.7 Å². The minimum absolute atomic E-state index is 0.0309. The Hall–Kier alpha value is -4.36. The van der Waals surface area contributed by atoms with E-state index in [0.29, 0.717) is 29.0 Å². The molecule has 2 heterocycles. The predicted octanol–water partition coefficient (Wildman–Crippen LogP) is 7.40. The van der Waals surface area contributed by atoms with E-state index in [1.54, 1.807) is 4.90 Å². The normalized spacial score (nSPS) is 16.7. The summed E-state index contributed by atoms with van der Waals surface area (Å²) in [5.74, 6) is 0.812. The number of thioether (sulfide) groups is 1. The Kier molecular flexibility index (Phi) is 10.0. The maximum atomic E-state index is 13.0. The van der Waals surface area contributed by atoms with Crippen LogP contribution in [0, 0.1) is 6.92 Å². The van der Waals surface area contributed by atoms with Gasteiger partial charge in [-0.15, -0.1) is 18.3 Å². The number of hydrogen-bond acceptors (Lipinski definition) is 6. The van der Waals surface area contributed by atoms with Gasteiger partial charge in [-0.2, -0.15) is 4.99 Å². The number of carbonyl (C=O) groups is 1. The highest BCUT2D eigenvalue weighted by Gasteiger charge is 2.33. The lowest BCUT2D eigenvalue weighted by Crippen LogP contribution is -2.36. The highest BCUT2D eigenvalue weighted by atomic mass is 32.2. The smallest absolute Gasteiger partial charge is 0.406 e. The van der Waals surface area contributed by atoms with E-state index in [2.05, 4.69) is 45.0 Å². The number of amidine groups is 1. The highest BCUT2D eigenvalue weighted by Crippen LogP contribution is 2.36. The monoisotopic (exact) mass is 652 g/mol. The van der Waals surface area contributed by atoms with Gasteiger partial charge in [-0.25, -0.2) is 14.5 Å². The molecular weight excluding hydrogens is 617 g/mol. The van der Waals surface area contributed by atoms with Crippen LogP contribution in [-0.4, -0.2) is 56.0 Å². The maximum Gasteiger partial charge on any atom is 0.573 e. The van der Waals surface area contributed by atoms with Crippen LogP contribution in [0.2, 0.25) is 0 Å². The van der Waals surface area contributed by atoms with Gasteiger partial charge in [-0.1, -0.05) is 68.9 Å². The second kappa shape index (κ2) is 14.0. The minimum Gasteiger partial charge on any atom is -0.406 e. The molecule has 0 radical (unpaired) electrons. The zero-order chi connectivity index (χ0) is 33.0. The Labute approximate surface area is 269 Å². The number of amides is 2. The standard InChI is InChI=1S/C33H35F3N6O3S/c1-5-22(17-37-31(44)39-32-42(29(43)18-46-32)28-16-21(4)6-15-27(28)20(2)3)23-7-9-24(10-8-23)30-38-19-41(40-30)25-11-13-26(14-12-25)45-33(34,35)36/h6-16,19-20,22,29,43H,5,17-18H2,1-4H3,(H,37,44). The van der Waals surface area contributed by atoms with Gasteiger partial charge in [0.1, 0.15) is 18.3 Å². The van der Waals surface area contributed by atoms with Crippen molar-refractivity contribution in [2.45, 2.75) is 58.5 Å². The molecule has 0 spiro atoms. The van der Waals surface area contributed by atoms with Crippen LogP contribution in [0.25, 0.3) is 17.1 Å². The molecule has 3 aromatic carbocycles. The van der Waals surface area contributed by atoms with E-state index in [4.69, 9.17) is 0 Å². The number of aliphatic hydroxyl groups excluding tert-OH is 1. The van der Waals surface area contributed by atoms with E-state index < -0.39 is 18.6 Å². The molecule has 46 heavy (non-hydrogen) atoms. The van der Waals surface area contributed by atoms with Crippen molar-refractivity contribution in [2.75, 3.05) is 17.2 Å². The van der Waals surface area contributed by atoms with Crippen molar-refractivity contribution in [1.82, 2.24) is 20.1 Å². The van der Waals surface area contributed by atoms with Gasteiger partial charge in [0, 0.05) is 29.5 Å². The second-order valence-electron chi connectivity index (χ2n) is 11.2. The average molecular weight is 653 g/mol. The van der Waals surface area contributed by atoms with Crippen molar-refractivity contribution in [1.29, 1.82) is 0 Å². The van der Waals surface area contributed by atoms with Crippen LogP contribution in [0.15, 0.2) is 78.0 Å². The number of nitrogens with one attached hydrogen (secondary N) is 1. The first-order chi connectivity index (χ1) is 21.9. The largest absolute Gasteiger partial charge is 0.573 e. The first-order valence-electron chi connectivity index (χ1n) is 14.9. The molecule has 0 bridgehead atoms. The number of hydrogen-bond donors (Lipinski definition) is 2. The first-order valence-corrected chi connectivity index (χ1v) is 15.9. The molecule has 2 amide bonds. The fraction of sp³-hybridized carbons (Fsp3) is 0.333. The molecule has 1 saturated heterocycles. The number of aliphatic imine (C=N–C) groups is 1. The van der Waals surface area contributed by atoms with Gasteiger partial charge in [0.15, 0.2) is 11.0 Å². The maximum absolute atomic E-state index is 13.0. The Morgan fingerprint density at radius 1 is 1.13 bits per heavy atom. The molecule has 1 aliphatic heterocycles. The van der Waals surface area contributed by atoms with Crippen molar-refractivity contribution in [3.8, 4) is 22.8 Å². The van der Waals surface area contributed by atoms with Crippen LogP contribution in [0.3, 0.4) is 0 Å². The Bertz CT molecular complexity index is 1690. The summed E-state index contributed by atoms with van der Waals surface area (Å²) in [5.41, 5.74) is 5.30.